The van der Waals surface area contributed by atoms with Crippen molar-refractivity contribution in [1.29, 1.82) is 0 Å². The van der Waals surface area contributed by atoms with Crippen LogP contribution in [0.4, 0.5) is 0 Å². The molecule has 0 amide bonds. The van der Waals surface area contributed by atoms with E-state index in [0.29, 0.717) is 12.8 Å². The van der Waals surface area contributed by atoms with Crippen molar-refractivity contribution < 1.29 is 13.5 Å². The molecule has 0 spiro atoms. The summed E-state index contributed by atoms with van der Waals surface area (Å²) in [6.45, 7) is 3.34. The van der Waals surface area contributed by atoms with E-state index in [0.717, 1.165) is 0 Å². The number of aliphatic hydroxyl groups excluding tert-OH is 1. The predicted octanol–water partition coefficient (Wildman–Crippen LogP) is -0.669. The van der Waals surface area contributed by atoms with E-state index in [-0.39, 0.29) is 6.61 Å². The van der Waals surface area contributed by atoms with E-state index < -0.39 is 15.7 Å². The van der Waals surface area contributed by atoms with E-state index in [1.807, 2.05) is 0 Å². The normalized spacial score (nSPS) is 13.3. The lowest BCUT2D eigenvalue weighted by atomic mass is 9.96. The predicted molar refractivity (Wildman–Crippen MR) is 46.6 cm³/mol. The second-order valence-electron chi connectivity index (χ2n) is 2.79. The van der Waals surface area contributed by atoms with Crippen molar-refractivity contribution in [3.05, 3.63) is 0 Å². The zero-order valence-electron chi connectivity index (χ0n) is 7.37. The maximum Gasteiger partial charge on any atom is 0.274 e. The van der Waals surface area contributed by atoms with Crippen molar-refractivity contribution in [2.45, 2.75) is 32.2 Å². The van der Waals surface area contributed by atoms with Crippen molar-refractivity contribution in [2.24, 2.45) is 5.14 Å². The molecule has 0 aromatic rings. The second-order valence-corrected chi connectivity index (χ2v) is 4.09. The third-order valence-electron chi connectivity index (χ3n) is 2.01. The molecule has 6 heteroatoms. The number of hydrogen-bond acceptors (Lipinski definition) is 3. The molecular weight excluding hydrogens is 180 g/mol. The molecule has 0 saturated carbocycles. The summed E-state index contributed by atoms with van der Waals surface area (Å²) in [6.07, 6.45) is 1.02. The molecule has 0 aliphatic carbocycles. The van der Waals surface area contributed by atoms with Crippen LogP contribution in [-0.2, 0) is 10.2 Å². The number of nitrogens with two attached hydrogens (primary N) is 1. The van der Waals surface area contributed by atoms with Crippen LogP contribution in [0.1, 0.15) is 26.7 Å². The van der Waals surface area contributed by atoms with Gasteiger partial charge in [-0.05, 0) is 12.8 Å². The van der Waals surface area contributed by atoms with Gasteiger partial charge in [-0.3, -0.25) is 0 Å². The van der Waals surface area contributed by atoms with Crippen LogP contribution < -0.4 is 9.86 Å². The molecule has 0 radical (unpaired) electrons. The van der Waals surface area contributed by atoms with Crippen LogP contribution in [0.25, 0.3) is 0 Å². The fraction of sp³-hybridized carbons (Fsp3) is 1.00. The number of rotatable bonds is 5. The van der Waals surface area contributed by atoms with Crippen molar-refractivity contribution in [3.8, 4) is 0 Å². The van der Waals surface area contributed by atoms with E-state index in [9.17, 15) is 8.42 Å². The highest BCUT2D eigenvalue weighted by molar-refractivity contribution is 7.87. The highest BCUT2D eigenvalue weighted by Crippen LogP contribution is 2.14. The minimum atomic E-state index is -3.73. The molecule has 0 bridgehead atoms. The summed E-state index contributed by atoms with van der Waals surface area (Å²) in [7, 11) is -3.73. The molecule has 0 saturated heterocycles. The van der Waals surface area contributed by atoms with Gasteiger partial charge < -0.3 is 5.11 Å². The first-order chi connectivity index (χ1) is 5.39. The molecule has 0 aliphatic rings. The molecule has 0 unspecified atom stereocenters. The van der Waals surface area contributed by atoms with Crippen LogP contribution in [0.2, 0.25) is 0 Å². The minimum Gasteiger partial charge on any atom is -0.394 e. The smallest absolute Gasteiger partial charge is 0.274 e. The van der Waals surface area contributed by atoms with Gasteiger partial charge in [0.1, 0.15) is 0 Å². The molecule has 5 nitrogen and oxygen atoms in total. The first-order valence-electron chi connectivity index (χ1n) is 3.81. The van der Waals surface area contributed by atoms with E-state index in [4.69, 9.17) is 10.2 Å². The highest BCUT2D eigenvalue weighted by atomic mass is 32.2. The van der Waals surface area contributed by atoms with E-state index in [1.54, 1.807) is 13.8 Å². The third-order valence-corrected chi connectivity index (χ3v) is 2.73. The summed E-state index contributed by atoms with van der Waals surface area (Å²) in [5.74, 6) is 0. The van der Waals surface area contributed by atoms with Crippen LogP contribution in [0, 0.1) is 0 Å². The average Bonchev–Trinajstić information content (AvgIpc) is 1.99. The molecule has 74 valence electrons. The first kappa shape index (κ1) is 11.8. The Bertz CT molecular complexity index is 213. The molecular formula is C6H16N2O3S. The monoisotopic (exact) mass is 196 g/mol. The van der Waals surface area contributed by atoms with Crippen LogP contribution in [0.3, 0.4) is 0 Å². The Hall–Kier alpha value is -0.170. The maximum absolute atomic E-state index is 10.7. The van der Waals surface area contributed by atoms with E-state index in [1.165, 1.54) is 0 Å². The molecule has 12 heavy (non-hydrogen) atoms. The van der Waals surface area contributed by atoms with E-state index >= 15 is 0 Å². The topological polar surface area (TPSA) is 92.4 Å². The molecule has 0 rings (SSSR count). The SMILES string of the molecule is CCC(CC)(CO)NS(N)(=O)=O. The fourth-order valence-electron chi connectivity index (χ4n) is 0.952. The molecule has 0 aromatic carbocycles. The molecule has 0 atom stereocenters. The van der Waals surface area contributed by atoms with Crippen LogP contribution >= 0.6 is 0 Å². The summed E-state index contributed by atoms with van der Waals surface area (Å²) >= 11 is 0. The van der Waals surface area contributed by atoms with Gasteiger partial charge in [-0.1, -0.05) is 13.8 Å². The van der Waals surface area contributed by atoms with Gasteiger partial charge in [0.15, 0.2) is 0 Å². The lowest BCUT2D eigenvalue weighted by molar-refractivity contribution is 0.172. The van der Waals surface area contributed by atoms with Gasteiger partial charge >= 0.3 is 0 Å². The summed E-state index contributed by atoms with van der Waals surface area (Å²) in [4.78, 5) is 0. The number of hydrogen-bond donors (Lipinski definition) is 3. The molecule has 0 heterocycles. The first-order valence-corrected chi connectivity index (χ1v) is 5.36. The maximum atomic E-state index is 10.7. The average molecular weight is 196 g/mol. The Morgan fingerprint density at radius 1 is 1.42 bits per heavy atom. The van der Waals surface area contributed by atoms with Gasteiger partial charge in [-0.2, -0.15) is 13.1 Å². The molecule has 4 N–H and O–H groups in total. The standard InChI is InChI=1S/C6H16N2O3S/c1-3-6(4-2,5-9)8-12(7,10)11/h8-9H,3-5H2,1-2H3,(H2,7,10,11). The van der Waals surface area contributed by atoms with E-state index in [2.05, 4.69) is 4.72 Å². The lowest BCUT2D eigenvalue weighted by Gasteiger charge is -2.28. The Balaban J connectivity index is 4.52. The Morgan fingerprint density at radius 3 is 1.92 bits per heavy atom. The van der Waals surface area contributed by atoms with Crippen molar-refractivity contribution in [2.75, 3.05) is 6.61 Å². The zero-order chi connectivity index (χ0) is 9.83. The Labute approximate surface area is 73.1 Å². The quantitative estimate of drug-likeness (QED) is 0.544. The van der Waals surface area contributed by atoms with Crippen LogP contribution in [-0.4, -0.2) is 25.7 Å². The fourth-order valence-corrected chi connectivity index (χ4v) is 1.91. The van der Waals surface area contributed by atoms with Gasteiger partial charge in [0, 0.05) is 0 Å². The summed E-state index contributed by atoms with van der Waals surface area (Å²) in [5.41, 5.74) is -0.798. The summed E-state index contributed by atoms with van der Waals surface area (Å²) in [5, 5.41) is 13.8. The molecule has 0 aliphatic heterocycles. The van der Waals surface area contributed by atoms with Gasteiger partial charge in [-0.25, -0.2) is 5.14 Å². The van der Waals surface area contributed by atoms with Crippen LogP contribution in [0.15, 0.2) is 0 Å². The largest absolute Gasteiger partial charge is 0.394 e. The van der Waals surface area contributed by atoms with Gasteiger partial charge in [0.05, 0.1) is 12.1 Å². The molecule has 0 aromatic heterocycles. The third kappa shape index (κ3) is 3.48. The van der Waals surface area contributed by atoms with Crippen LogP contribution in [0.5, 0.6) is 0 Å². The summed E-state index contributed by atoms with van der Waals surface area (Å²) < 4.78 is 23.6. The number of nitrogens with one attached hydrogen (secondary N) is 1. The Morgan fingerprint density at radius 2 is 1.83 bits per heavy atom. The van der Waals surface area contributed by atoms with Gasteiger partial charge in [-0.15, -0.1) is 0 Å². The molecule has 0 fully saturated rings. The number of aliphatic hydroxyl groups is 1. The summed E-state index contributed by atoms with van der Waals surface area (Å²) in [6, 6.07) is 0. The van der Waals surface area contributed by atoms with Crippen molar-refractivity contribution in [1.82, 2.24) is 4.72 Å². The highest BCUT2D eigenvalue weighted by Gasteiger charge is 2.28. The zero-order valence-corrected chi connectivity index (χ0v) is 8.19. The van der Waals surface area contributed by atoms with Gasteiger partial charge in [0.25, 0.3) is 10.2 Å². The van der Waals surface area contributed by atoms with Gasteiger partial charge in [0.2, 0.25) is 0 Å². The lowest BCUT2D eigenvalue weighted by Crippen LogP contribution is -2.52. The van der Waals surface area contributed by atoms with Crippen molar-refractivity contribution in [3.63, 3.8) is 0 Å². The Kier molecular flexibility index (Phi) is 4.12. The van der Waals surface area contributed by atoms with Crippen molar-refractivity contribution >= 4 is 10.2 Å². The minimum absolute atomic E-state index is 0.240. The second kappa shape index (κ2) is 4.18.